The quantitative estimate of drug-likeness (QED) is 0.683. The second-order valence-electron chi connectivity index (χ2n) is 6.84. The number of aryl methyl sites for hydroxylation is 2. The number of sulfonamides is 1. The van der Waals surface area contributed by atoms with E-state index in [1.807, 2.05) is 35.9 Å². The molecule has 0 amide bonds. The summed E-state index contributed by atoms with van der Waals surface area (Å²) in [6.07, 6.45) is 8.37. The monoisotopic (exact) mass is 386 g/mol. The van der Waals surface area contributed by atoms with Crippen LogP contribution < -0.4 is 0 Å². The Bertz CT molecular complexity index is 1060. The van der Waals surface area contributed by atoms with E-state index >= 15 is 0 Å². The summed E-state index contributed by atoms with van der Waals surface area (Å²) in [5, 5.41) is 0.0985. The molecule has 27 heavy (non-hydrogen) atoms. The van der Waals surface area contributed by atoms with Crippen LogP contribution >= 0.6 is 0 Å². The van der Waals surface area contributed by atoms with Gasteiger partial charge in [-0.15, -0.1) is 0 Å². The van der Waals surface area contributed by atoms with Gasteiger partial charge in [-0.3, -0.25) is 4.57 Å². The van der Waals surface area contributed by atoms with Crippen molar-refractivity contribution >= 4 is 10.0 Å². The van der Waals surface area contributed by atoms with Crippen LogP contribution in [-0.2, 0) is 17.1 Å². The van der Waals surface area contributed by atoms with Crippen LogP contribution in [0.5, 0.6) is 0 Å². The molecule has 142 valence electrons. The Balaban J connectivity index is 1.60. The predicted octanol–water partition coefficient (Wildman–Crippen LogP) is 1.88. The smallest absolute Gasteiger partial charge is 0.262 e. The van der Waals surface area contributed by atoms with Gasteiger partial charge >= 0.3 is 0 Å². The summed E-state index contributed by atoms with van der Waals surface area (Å²) >= 11 is 0. The molecule has 3 aromatic rings. The molecule has 0 aliphatic carbocycles. The van der Waals surface area contributed by atoms with Crippen molar-refractivity contribution in [3.8, 4) is 5.82 Å². The Morgan fingerprint density at radius 1 is 1.22 bits per heavy atom. The predicted molar refractivity (Wildman–Crippen MR) is 100 cm³/mol. The third-order valence-corrected chi connectivity index (χ3v) is 6.67. The summed E-state index contributed by atoms with van der Waals surface area (Å²) in [5.74, 6) is 1.72. The molecule has 8 nitrogen and oxygen atoms in total. The Hall–Kier alpha value is -2.52. The minimum atomic E-state index is -3.58. The molecule has 9 heteroatoms. The van der Waals surface area contributed by atoms with E-state index < -0.39 is 10.0 Å². The van der Waals surface area contributed by atoms with Crippen molar-refractivity contribution in [3.05, 3.63) is 54.6 Å². The lowest BCUT2D eigenvalue weighted by Gasteiger charge is -2.31. The van der Waals surface area contributed by atoms with Crippen molar-refractivity contribution < 1.29 is 8.42 Å². The van der Waals surface area contributed by atoms with E-state index in [1.54, 1.807) is 24.0 Å². The van der Waals surface area contributed by atoms with Crippen molar-refractivity contribution in [2.45, 2.75) is 30.7 Å². The van der Waals surface area contributed by atoms with Crippen molar-refractivity contribution in [1.82, 2.24) is 28.4 Å². The largest absolute Gasteiger partial charge is 0.339 e. The van der Waals surface area contributed by atoms with Crippen LogP contribution in [0.4, 0.5) is 0 Å². The van der Waals surface area contributed by atoms with Crippen LogP contribution in [-0.4, -0.2) is 49.9 Å². The first-order valence-electron chi connectivity index (χ1n) is 8.90. The van der Waals surface area contributed by atoms with E-state index in [4.69, 9.17) is 4.98 Å². The molecule has 3 aromatic heterocycles. The molecule has 0 spiro atoms. The molecule has 4 rings (SSSR count). The normalized spacial score (nSPS) is 18.7. The average molecular weight is 386 g/mol. The zero-order valence-corrected chi connectivity index (χ0v) is 16.2. The van der Waals surface area contributed by atoms with E-state index in [-0.39, 0.29) is 10.9 Å². The Morgan fingerprint density at radius 3 is 2.78 bits per heavy atom. The number of imidazole rings is 2. The van der Waals surface area contributed by atoms with Crippen LogP contribution in [0, 0.1) is 6.92 Å². The topological polar surface area (TPSA) is 85.9 Å². The number of pyridine rings is 1. The van der Waals surface area contributed by atoms with Crippen molar-refractivity contribution in [1.29, 1.82) is 0 Å². The third-order valence-electron chi connectivity index (χ3n) is 4.92. The van der Waals surface area contributed by atoms with E-state index in [0.717, 1.165) is 30.2 Å². The first-order chi connectivity index (χ1) is 12.9. The van der Waals surface area contributed by atoms with Crippen LogP contribution in [0.15, 0.2) is 48.1 Å². The van der Waals surface area contributed by atoms with Gasteiger partial charge in [-0.1, -0.05) is 6.07 Å². The van der Waals surface area contributed by atoms with Gasteiger partial charge in [0.1, 0.15) is 11.6 Å². The highest BCUT2D eigenvalue weighted by molar-refractivity contribution is 7.89. The first kappa shape index (κ1) is 17.9. The van der Waals surface area contributed by atoms with E-state index in [2.05, 4.69) is 9.97 Å². The summed E-state index contributed by atoms with van der Waals surface area (Å²) in [6.45, 7) is 2.85. The minimum absolute atomic E-state index is 0.0565. The maximum absolute atomic E-state index is 12.9. The second kappa shape index (κ2) is 6.90. The minimum Gasteiger partial charge on any atom is -0.339 e. The van der Waals surface area contributed by atoms with Crippen LogP contribution in [0.2, 0.25) is 0 Å². The molecular weight excluding hydrogens is 364 g/mol. The molecule has 4 heterocycles. The summed E-state index contributed by atoms with van der Waals surface area (Å²) in [6, 6.07) is 5.87. The maximum atomic E-state index is 12.9. The molecule has 0 N–H and O–H groups in total. The molecule has 1 saturated heterocycles. The molecule has 0 saturated carbocycles. The summed E-state index contributed by atoms with van der Waals surface area (Å²) in [4.78, 5) is 13.0. The Labute approximate surface area is 158 Å². The number of aromatic nitrogens is 5. The fourth-order valence-electron chi connectivity index (χ4n) is 3.48. The molecular formula is C18H22N6O2S. The molecule has 1 aliphatic rings. The fraction of sp³-hybridized carbons (Fsp3) is 0.389. The summed E-state index contributed by atoms with van der Waals surface area (Å²) < 4.78 is 30.9. The number of nitrogens with zero attached hydrogens (tertiary/aromatic N) is 6. The second-order valence-corrected chi connectivity index (χ2v) is 8.73. The summed E-state index contributed by atoms with van der Waals surface area (Å²) in [5.41, 5.74) is 0.904. The maximum Gasteiger partial charge on any atom is 0.262 e. The van der Waals surface area contributed by atoms with Crippen LogP contribution in [0.3, 0.4) is 0 Å². The third kappa shape index (κ3) is 3.40. The van der Waals surface area contributed by atoms with Gasteiger partial charge in [0.25, 0.3) is 10.0 Å². The molecule has 1 atom stereocenters. The molecule has 1 unspecified atom stereocenters. The van der Waals surface area contributed by atoms with Gasteiger partial charge in [-0.25, -0.2) is 23.4 Å². The highest BCUT2D eigenvalue weighted by Gasteiger charge is 2.32. The highest BCUT2D eigenvalue weighted by atomic mass is 32.2. The van der Waals surface area contributed by atoms with Crippen molar-refractivity contribution in [3.63, 3.8) is 0 Å². The zero-order chi connectivity index (χ0) is 19.0. The molecule has 1 aliphatic heterocycles. The van der Waals surface area contributed by atoms with Crippen molar-refractivity contribution in [2.24, 2.45) is 7.05 Å². The van der Waals surface area contributed by atoms with Gasteiger partial charge in [0.05, 0.1) is 6.33 Å². The van der Waals surface area contributed by atoms with Crippen LogP contribution in [0.1, 0.15) is 30.3 Å². The zero-order valence-electron chi connectivity index (χ0n) is 15.4. The van der Waals surface area contributed by atoms with Crippen molar-refractivity contribution in [2.75, 3.05) is 13.1 Å². The lowest BCUT2D eigenvalue weighted by molar-refractivity contribution is 0.312. The van der Waals surface area contributed by atoms with Gasteiger partial charge in [-0.05, 0) is 31.9 Å². The van der Waals surface area contributed by atoms with Gasteiger partial charge in [0, 0.05) is 50.3 Å². The lowest BCUT2D eigenvalue weighted by Crippen LogP contribution is -2.39. The fourth-order valence-corrected chi connectivity index (χ4v) is 4.97. The molecule has 0 aromatic carbocycles. The summed E-state index contributed by atoms with van der Waals surface area (Å²) in [7, 11) is -1.82. The molecule has 1 fully saturated rings. The van der Waals surface area contributed by atoms with Gasteiger partial charge in [0.15, 0.2) is 5.03 Å². The Morgan fingerprint density at radius 2 is 2.07 bits per heavy atom. The average Bonchev–Trinajstić information content (AvgIpc) is 3.30. The van der Waals surface area contributed by atoms with Gasteiger partial charge in [0.2, 0.25) is 0 Å². The van der Waals surface area contributed by atoms with Crippen LogP contribution in [0.25, 0.3) is 5.82 Å². The van der Waals surface area contributed by atoms with E-state index in [9.17, 15) is 8.42 Å². The highest BCUT2D eigenvalue weighted by Crippen LogP contribution is 2.29. The number of hydrogen-bond donors (Lipinski definition) is 0. The van der Waals surface area contributed by atoms with E-state index in [0.29, 0.717) is 13.1 Å². The number of rotatable bonds is 4. The first-order valence-corrected chi connectivity index (χ1v) is 10.3. The molecule has 0 bridgehead atoms. The van der Waals surface area contributed by atoms with Gasteiger partial charge < -0.3 is 4.57 Å². The van der Waals surface area contributed by atoms with E-state index in [1.165, 1.54) is 10.6 Å². The lowest BCUT2D eigenvalue weighted by atomic mass is 9.95. The molecule has 0 radical (unpaired) electrons. The number of hydrogen-bond acceptors (Lipinski definition) is 5. The number of piperidine rings is 1. The SMILES string of the molecule is Cc1nccn1-c1cccc(C2CCCN(S(=O)(=O)c3cn(C)cn3)C2)n1. The Kier molecular flexibility index (Phi) is 4.56. The standard InChI is InChI=1S/C18H22N6O2S/c1-14-19-8-10-24(14)17-7-3-6-16(21-17)15-5-4-9-23(11-15)27(25,26)18-12-22(2)13-20-18/h3,6-8,10,12-13,15H,4-5,9,11H2,1-2H3. The van der Waals surface area contributed by atoms with Gasteiger partial charge in [-0.2, -0.15) is 4.31 Å².